The molecule has 2 aromatic carbocycles. The van der Waals surface area contributed by atoms with E-state index in [0.717, 1.165) is 4.90 Å². The molecule has 0 saturated carbocycles. The maximum atomic E-state index is 13.1. The molecule has 0 unspecified atom stereocenters. The number of carboxylic acids is 1. The van der Waals surface area contributed by atoms with Gasteiger partial charge >= 0.3 is 5.97 Å². The van der Waals surface area contributed by atoms with Crippen LogP contribution in [0.2, 0.25) is 10.0 Å². The summed E-state index contributed by atoms with van der Waals surface area (Å²) in [5.41, 5.74) is 0.888. The number of amides is 2. The van der Waals surface area contributed by atoms with Crippen molar-refractivity contribution in [2.24, 2.45) is 0 Å². The second kappa shape index (κ2) is 8.58. The first-order valence-corrected chi connectivity index (χ1v) is 10.2. The van der Waals surface area contributed by atoms with E-state index in [9.17, 15) is 14.4 Å². The Labute approximate surface area is 196 Å². The topological polar surface area (TPSA) is 99.9 Å². The summed E-state index contributed by atoms with van der Waals surface area (Å²) in [7, 11) is 0. The van der Waals surface area contributed by atoms with E-state index in [1.165, 1.54) is 36.4 Å². The van der Waals surface area contributed by atoms with Gasteiger partial charge in [0.1, 0.15) is 17.1 Å². The highest BCUT2D eigenvalue weighted by atomic mass is 35.5. The molecule has 1 fully saturated rings. The van der Waals surface area contributed by atoms with Crippen LogP contribution in [0, 0.1) is 0 Å². The Morgan fingerprint density at radius 1 is 1.03 bits per heavy atom. The van der Waals surface area contributed by atoms with Crippen LogP contribution in [-0.4, -0.2) is 28.0 Å². The van der Waals surface area contributed by atoms with Gasteiger partial charge in [-0.3, -0.25) is 19.8 Å². The number of carbonyl (C=O) groups excluding carboxylic acids is 2. The van der Waals surface area contributed by atoms with Crippen LogP contribution in [0.4, 0.5) is 5.69 Å². The molecule has 1 aliphatic rings. The molecular formula is C22H12Cl2N2O5S. The number of nitrogens with zero attached hydrogens (tertiary/aromatic N) is 1. The predicted molar refractivity (Wildman–Crippen MR) is 124 cm³/mol. The van der Waals surface area contributed by atoms with Crippen LogP contribution in [0.5, 0.6) is 0 Å². The third kappa shape index (κ3) is 4.29. The van der Waals surface area contributed by atoms with Crippen molar-refractivity contribution in [3.8, 4) is 11.3 Å². The summed E-state index contributed by atoms with van der Waals surface area (Å²) in [5, 5.41) is 12.0. The zero-order valence-electron chi connectivity index (χ0n) is 16.0. The molecule has 160 valence electrons. The minimum Gasteiger partial charge on any atom is -0.478 e. The quantitative estimate of drug-likeness (QED) is 0.312. The van der Waals surface area contributed by atoms with E-state index in [4.69, 9.17) is 44.9 Å². The molecule has 1 aliphatic heterocycles. The highest BCUT2D eigenvalue weighted by Crippen LogP contribution is 2.29. The first kappa shape index (κ1) is 21.8. The van der Waals surface area contributed by atoms with Crippen LogP contribution in [0.1, 0.15) is 16.1 Å². The van der Waals surface area contributed by atoms with Crippen molar-refractivity contribution < 1.29 is 23.9 Å². The maximum absolute atomic E-state index is 13.1. The molecule has 0 atom stereocenters. The molecule has 2 heterocycles. The Bertz CT molecular complexity index is 1290. The zero-order chi connectivity index (χ0) is 23.0. The molecule has 10 heteroatoms. The van der Waals surface area contributed by atoms with Crippen LogP contribution in [0.25, 0.3) is 17.4 Å². The van der Waals surface area contributed by atoms with E-state index in [-0.39, 0.29) is 22.0 Å². The Morgan fingerprint density at radius 3 is 2.31 bits per heavy atom. The van der Waals surface area contributed by atoms with E-state index < -0.39 is 17.8 Å². The lowest BCUT2D eigenvalue weighted by Gasteiger charge is -2.29. The summed E-state index contributed by atoms with van der Waals surface area (Å²) in [5.74, 6) is -1.69. The minimum absolute atomic E-state index is 0.103. The number of aromatic carboxylic acids is 1. The van der Waals surface area contributed by atoms with Crippen molar-refractivity contribution in [1.82, 2.24) is 5.32 Å². The minimum atomic E-state index is -1.04. The summed E-state index contributed by atoms with van der Waals surface area (Å²) in [6.07, 6.45) is 1.30. The highest BCUT2D eigenvalue weighted by Gasteiger charge is 2.35. The van der Waals surface area contributed by atoms with E-state index in [1.807, 2.05) is 0 Å². The third-order valence-corrected chi connectivity index (χ3v) is 5.26. The number of benzene rings is 2. The third-order valence-electron chi connectivity index (χ3n) is 4.54. The molecule has 0 spiro atoms. The van der Waals surface area contributed by atoms with Gasteiger partial charge < -0.3 is 9.52 Å². The zero-order valence-corrected chi connectivity index (χ0v) is 18.3. The van der Waals surface area contributed by atoms with Crippen LogP contribution in [0.3, 0.4) is 0 Å². The average Bonchev–Trinajstić information content (AvgIpc) is 3.19. The van der Waals surface area contributed by atoms with E-state index in [0.29, 0.717) is 27.1 Å². The second-order valence-electron chi connectivity index (χ2n) is 6.67. The van der Waals surface area contributed by atoms with Crippen LogP contribution in [0.15, 0.2) is 64.6 Å². The fourth-order valence-corrected chi connectivity index (χ4v) is 3.86. The molecular weight excluding hydrogens is 475 g/mol. The van der Waals surface area contributed by atoms with Gasteiger partial charge in [0.15, 0.2) is 5.11 Å². The van der Waals surface area contributed by atoms with Crippen molar-refractivity contribution in [2.75, 3.05) is 4.90 Å². The monoisotopic (exact) mass is 486 g/mol. The van der Waals surface area contributed by atoms with Crippen molar-refractivity contribution in [1.29, 1.82) is 0 Å². The smallest absolute Gasteiger partial charge is 0.335 e. The maximum Gasteiger partial charge on any atom is 0.335 e. The SMILES string of the molecule is O=C1NC(=S)N(c2cc(Cl)cc(Cl)c2)C(=O)/C1=C/c1ccc(-c2ccc(C(=O)O)cc2)o1. The number of anilines is 1. The molecule has 7 nitrogen and oxygen atoms in total. The van der Waals surface area contributed by atoms with Gasteiger partial charge in [-0.1, -0.05) is 35.3 Å². The van der Waals surface area contributed by atoms with E-state index >= 15 is 0 Å². The van der Waals surface area contributed by atoms with Gasteiger partial charge in [-0.2, -0.15) is 0 Å². The Kier molecular flexibility index (Phi) is 5.84. The van der Waals surface area contributed by atoms with E-state index in [1.54, 1.807) is 24.3 Å². The fraction of sp³-hybridized carbons (Fsp3) is 0. The molecule has 0 aliphatic carbocycles. The molecule has 0 radical (unpaired) electrons. The fourth-order valence-electron chi connectivity index (χ4n) is 3.07. The van der Waals surface area contributed by atoms with Gasteiger partial charge in [0.25, 0.3) is 11.8 Å². The number of carbonyl (C=O) groups is 3. The second-order valence-corrected chi connectivity index (χ2v) is 7.93. The van der Waals surface area contributed by atoms with E-state index in [2.05, 4.69) is 5.32 Å². The van der Waals surface area contributed by atoms with Gasteiger partial charge in [0.2, 0.25) is 0 Å². The van der Waals surface area contributed by atoms with Crippen LogP contribution in [-0.2, 0) is 9.59 Å². The van der Waals surface area contributed by atoms with Crippen molar-refractivity contribution in [2.45, 2.75) is 0 Å². The first-order chi connectivity index (χ1) is 15.2. The number of furan rings is 1. The molecule has 3 aromatic rings. The van der Waals surface area contributed by atoms with Gasteiger partial charge in [0, 0.05) is 15.6 Å². The lowest BCUT2D eigenvalue weighted by molar-refractivity contribution is -0.122. The molecule has 32 heavy (non-hydrogen) atoms. The summed E-state index contributed by atoms with van der Waals surface area (Å²) in [6, 6.07) is 13.8. The number of nitrogens with one attached hydrogen (secondary N) is 1. The van der Waals surface area contributed by atoms with Crippen molar-refractivity contribution in [3.63, 3.8) is 0 Å². The average molecular weight is 487 g/mol. The Morgan fingerprint density at radius 2 is 1.69 bits per heavy atom. The molecule has 1 aromatic heterocycles. The summed E-state index contributed by atoms with van der Waals surface area (Å²) >= 11 is 17.2. The summed E-state index contributed by atoms with van der Waals surface area (Å²) in [6.45, 7) is 0. The predicted octanol–water partition coefficient (Wildman–Crippen LogP) is 4.78. The molecule has 2 amide bonds. The lowest BCUT2D eigenvalue weighted by Crippen LogP contribution is -2.54. The molecule has 2 N–H and O–H groups in total. The lowest BCUT2D eigenvalue weighted by atomic mass is 10.1. The van der Waals surface area contributed by atoms with Gasteiger partial charge in [0.05, 0.1) is 11.3 Å². The van der Waals surface area contributed by atoms with Gasteiger partial charge in [-0.05, 0) is 60.8 Å². The molecule has 0 bridgehead atoms. The van der Waals surface area contributed by atoms with Gasteiger partial charge in [-0.15, -0.1) is 0 Å². The Balaban J connectivity index is 1.66. The normalized spacial score (nSPS) is 15.2. The summed E-state index contributed by atoms with van der Waals surface area (Å²) < 4.78 is 5.73. The number of thiocarbonyl (C=S) groups is 1. The number of hydrogen-bond donors (Lipinski definition) is 2. The number of rotatable bonds is 4. The largest absolute Gasteiger partial charge is 0.478 e. The number of carboxylic acid groups (broad SMARTS) is 1. The standard InChI is InChI=1S/C22H12Cl2N2O5S/c23-13-7-14(24)9-15(8-13)26-20(28)17(19(27)25-22(26)32)10-16-5-6-18(31-16)11-1-3-12(4-2-11)21(29)30/h1-10H,(H,29,30)(H,25,27,32)/b17-10+. The number of halogens is 2. The summed E-state index contributed by atoms with van der Waals surface area (Å²) in [4.78, 5) is 37.6. The first-order valence-electron chi connectivity index (χ1n) is 9.04. The molecule has 4 rings (SSSR count). The van der Waals surface area contributed by atoms with Crippen molar-refractivity contribution in [3.05, 3.63) is 81.5 Å². The van der Waals surface area contributed by atoms with Crippen molar-refractivity contribution >= 4 is 70.1 Å². The van der Waals surface area contributed by atoms with Crippen LogP contribution >= 0.6 is 35.4 Å². The molecule has 1 saturated heterocycles. The van der Waals surface area contributed by atoms with Crippen LogP contribution < -0.4 is 10.2 Å². The Hall–Kier alpha value is -3.46. The van der Waals surface area contributed by atoms with Gasteiger partial charge in [-0.25, -0.2) is 4.79 Å². The number of hydrogen-bond acceptors (Lipinski definition) is 5. The highest BCUT2D eigenvalue weighted by molar-refractivity contribution is 7.80.